The van der Waals surface area contributed by atoms with Crippen LogP contribution in [0, 0.1) is 18.8 Å². The fourth-order valence-electron chi connectivity index (χ4n) is 4.43. The molecule has 0 saturated heterocycles. The van der Waals surface area contributed by atoms with Gasteiger partial charge in [0.2, 0.25) is 10.0 Å². The topological polar surface area (TPSA) is 92.7 Å². The van der Waals surface area contributed by atoms with Crippen molar-refractivity contribution in [2.45, 2.75) is 73.4 Å². The summed E-state index contributed by atoms with van der Waals surface area (Å²) in [4.78, 5) is 13.4. The van der Waals surface area contributed by atoms with Crippen molar-refractivity contribution in [2.75, 3.05) is 0 Å². The maximum Gasteiger partial charge on any atom is 0.311 e. The van der Waals surface area contributed by atoms with Gasteiger partial charge in [-0.3, -0.25) is 4.79 Å². The highest BCUT2D eigenvalue weighted by atomic mass is 35.6. The molecule has 0 bridgehead atoms. The first-order valence-electron chi connectivity index (χ1n) is 11.9. The quantitative estimate of drug-likeness (QED) is 0.281. The van der Waals surface area contributed by atoms with Gasteiger partial charge in [0.05, 0.1) is 23.0 Å². The Labute approximate surface area is 228 Å². The lowest BCUT2D eigenvalue weighted by Crippen LogP contribution is -2.39. The average Bonchev–Trinajstić information content (AvgIpc) is 3.11. The lowest BCUT2D eigenvalue weighted by Gasteiger charge is -2.28. The lowest BCUT2D eigenvalue weighted by molar-refractivity contribution is -0.160. The second-order valence-electron chi connectivity index (χ2n) is 9.75. The number of alkyl halides is 3. The maximum atomic E-state index is 13.3. The number of carbonyl (C=O) groups is 1. The van der Waals surface area contributed by atoms with Crippen molar-refractivity contribution < 1.29 is 23.1 Å². The van der Waals surface area contributed by atoms with Crippen molar-refractivity contribution >= 4 is 50.8 Å². The fourth-order valence-corrected chi connectivity index (χ4v) is 6.00. The fraction of sp³-hybridized carbons (Fsp3) is 0.500. The molecule has 0 amide bonds. The van der Waals surface area contributed by atoms with E-state index in [9.17, 15) is 18.3 Å². The van der Waals surface area contributed by atoms with E-state index in [1.54, 1.807) is 24.3 Å². The third-order valence-corrected chi connectivity index (χ3v) is 8.30. The van der Waals surface area contributed by atoms with Crippen LogP contribution in [0.15, 0.2) is 53.4 Å². The van der Waals surface area contributed by atoms with E-state index >= 15 is 0 Å². The first-order chi connectivity index (χ1) is 16.8. The summed E-state index contributed by atoms with van der Waals surface area (Å²) in [6.45, 7) is 5.75. The third kappa shape index (κ3) is 7.83. The van der Waals surface area contributed by atoms with Crippen molar-refractivity contribution in [3.05, 3.63) is 65.2 Å². The number of ether oxygens (including phenoxy) is 1. The number of aliphatic hydroxyl groups is 1. The zero-order chi connectivity index (χ0) is 26.7. The minimum Gasteiger partial charge on any atom is -0.460 e. The van der Waals surface area contributed by atoms with E-state index in [2.05, 4.69) is 4.72 Å². The van der Waals surface area contributed by atoms with Crippen LogP contribution in [0.25, 0.3) is 0 Å². The Hall–Kier alpha value is -1.35. The minimum atomic E-state index is -3.89. The smallest absolute Gasteiger partial charge is 0.311 e. The maximum absolute atomic E-state index is 13.3. The third-order valence-electron chi connectivity index (χ3n) is 6.28. The molecule has 0 radical (unpaired) electrons. The van der Waals surface area contributed by atoms with Gasteiger partial charge in [0, 0.05) is 6.42 Å². The molecule has 10 heteroatoms. The molecule has 198 valence electrons. The summed E-state index contributed by atoms with van der Waals surface area (Å²) in [5.74, 6) is -1.34. The van der Waals surface area contributed by atoms with Crippen LogP contribution in [0.4, 0.5) is 0 Å². The molecule has 2 aromatic rings. The first kappa shape index (κ1) is 29.2. The number of benzene rings is 2. The Morgan fingerprint density at radius 3 is 2.39 bits per heavy atom. The molecule has 0 heterocycles. The van der Waals surface area contributed by atoms with Gasteiger partial charge in [-0.25, -0.2) is 8.42 Å². The monoisotopic (exact) mass is 575 g/mol. The summed E-state index contributed by atoms with van der Waals surface area (Å²) in [5, 5.41) is 10.8. The van der Waals surface area contributed by atoms with Crippen LogP contribution in [0.5, 0.6) is 0 Å². The number of aliphatic hydroxyl groups excluding tert-OH is 1. The summed E-state index contributed by atoms with van der Waals surface area (Å²) in [6, 6.07) is 13.2. The number of esters is 1. The Kier molecular flexibility index (Phi) is 9.75. The van der Waals surface area contributed by atoms with E-state index in [-0.39, 0.29) is 23.7 Å². The largest absolute Gasteiger partial charge is 0.460 e. The van der Waals surface area contributed by atoms with E-state index in [0.29, 0.717) is 12.8 Å². The summed E-state index contributed by atoms with van der Waals surface area (Å²) < 4.78 is 33.4. The van der Waals surface area contributed by atoms with Crippen LogP contribution in [-0.2, 0) is 26.0 Å². The van der Waals surface area contributed by atoms with Gasteiger partial charge < -0.3 is 9.84 Å². The van der Waals surface area contributed by atoms with E-state index in [1.807, 2.05) is 45.0 Å². The molecular weight excluding hydrogens is 545 g/mol. The second-order valence-corrected chi connectivity index (χ2v) is 14.0. The Morgan fingerprint density at radius 1 is 1.14 bits per heavy atom. The average molecular weight is 577 g/mol. The number of nitrogens with one attached hydrogen (secondary N) is 1. The summed E-state index contributed by atoms with van der Waals surface area (Å²) in [7, 11) is -3.89. The van der Waals surface area contributed by atoms with Crippen molar-refractivity contribution in [3.8, 4) is 0 Å². The zero-order valence-electron chi connectivity index (χ0n) is 20.5. The second kappa shape index (κ2) is 12.0. The molecule has 1 aliphatic rings. The summed E-state index contributed by atoms with van der Waals surface area (Å²) in [5.41, 5.74) is 2.59. The molecule has 1 aliphatic carbocycles. The molecule has 2 aromatic carbocycles. The van der Waals surface area contributed by atoms with E-state index < -0.39 is 44.0 Å². The van der Waals surface area contributed by atoms with Gasteiger partial charge in [0.15, 0.2) is 3.79 Å². The number of hydrogen-bond donors (Lipinski definition) is 2. The molecule has 0 spiro atoms. The molecule has 4 atom stereocenters. The van der Waals surface area contributed by atoms with Gasteiger partial charge in [-0.05, 0) is 55.4 Å². The zero-order valence-corrected chi connectivity index (χ0v) is 23.5. The number of aryl methyl sites for hydroxylation is 1. The van der Waals surface area contributed by atoms with Crippen LogP contribution in [-0.4, -0.2) is 35.5 Å². The van der Waals surface area contributed by atoms with E-state index in [0.717, 1.165) is 16.7 Å². The van der Waals surface area contributed by atoms with Crippen LogP contribution in [0.2, 0.25) is 0 Å². The van der Waals surface area contributed by atoms with E-state index in [4.69, 9.17) is 39.5 Å². The van der Waals surface area contributed by atoms with Crippen LogP contribution >= 0.6 is 34.8 Å². The minimum absolute atomic E-state index is 0.0779. The molecule has 36 heavy (non-hydrogen) atoms. The highest BCUT2D eigenvalue weighted by Gasteiger charge is 2.40. The summed E-state index contributed by atoms with van der Waals surface area (Å²) in [6.07, 6.45) is -0.931. The van der Waals surface area contributed by atoms with Crippen LogP contribution < -0.4 is 4.72 Å². The Morgan fingerprint density at radius 2 is 1.78 bits per heavy atom. The lowest BCUT2D eigenvalue weighted by atomic mass is 9.90. The van der Waals surface area contributed by atoms with Crippen molar-refractivity contribution in [3.63, 3.8) is 0 Å². The van der Waals surface area contributed by atoms with Crippen LogP contribution in [0.1, 0.15) is 55.8 Å². The van der Waals surface area contributed by atoms with Gasteiger partial charge in [-0.1, -0.05) is 90.6 Å². The number of carbonyl (C=O) groups excluding carboxylic acids is 1. The number of sulfonamides is 1. The highest BCUT2D eigenvalue weighted by Crippen LogP contribution is 2.37. The molecule has 0 aromatic heterocycles. The molecule has 3 rings (SSSR count). The predicted octanol–water partition coefficient (Wildman–Crippen LogP) is 5.66. The van der Waals surface area contributed by atoms with Gasteiger partial charge in [0.25, 0.3) is 0 Å². The van der Waals surface area contributed by atoms with Gasteiger partial charge in [-0.15, -0.1) is 0 Å². The van der Waals surface area contributed by atoms with Gasteiger partial charge >= 0.3 is 5.97 Å². The van der Waals surface area contributed by atoms with Crippen molar-refractivity contribution in [1.82, 2.24) is 4.72 Å². The molecule has 0 aliphatic heterocycles. The Bertz CT molecular complexity index is 1150. The number of fused-ring (bicyclic) bond motifs is 1. The number of halogens is 3. The number of hydrogen-bond acceptors (Lipinski definition) is 5. The Balaban J connectivity index is 1.83. The van der Waals surface area contributed by atoms with E-state index in [1.165, 1.54) is 0 Å². The molecule has 0 saturated carbocycles. The molecule has 0 unspecified atom stereocenters. The van der Waals surface area contributed by atoms with Gasteiger partial charge in [-0.2, -0.15) is 4.72 Å². The van der Waals surface area contributed by atoms with Gasteiger partial charge in [0.1, 0.15) is 6.10 Å². The SMILES string of the molecule is Cc1ccc(S(=O)(=O)N[C@H]2c3ccccc3C[C@H]2OC(=O)[C@@H](CC(C)C)[C@@H](O)CCC(Cl)(Cl)Cl)cc1. The summed E-state index contributed by atoms with van der Waals surface area (Å²) >= 11 is 17.5. The molecule has 2 N–H and O–H groups in total. The molecular formula is C26H32Cl3NO5S. The molecule has 6 nitrogen and oxygen atoms in total. The normalized spacial score (nSPS) is 19.7. The highest BCUT2D eigenvalue weighted by molar-refractivity contribution is 7.89. The predicted molar refractivity (Wildman–Crippen MR) is 143 cm³/mol. The van der Waals surface area contributed by atoms with Crippen LogP contribution in [0.3, 0.4) is 0 Å². The van der Waals surface area contributed by atoms with Crippen molar-refractivity contribution in [1.29, 1.82) is 0 Å². The molecule has 0 fully saturated rings. The number of rotatable bonds is 10. The van der Waals surface area contributed by atoms with Crippen molar-refractivity contribution in [2.24, 2.45) is 11.8 Å². The standard InChI is InChI=1S/C26H32Cl3NO5S/c1-16(2)14-21(22(31)12-13-26(27,28)29)25(32)35-23-15-18-6-4-5-7-20(18)24(23)30-36(33,34)19-10-8-17(3)9-11-19/h4-11,16,21-24,30-31H,12-15H2,1-3H3/t21-,22-,23+,24-/m0/s1. The first-order valence-corrected chi connectivity index (χ1v) is 14.5.